The minimum atomic E-state index is 0.930. The van der Waals surface area contributed by atoms with Gasteiger partial charge in [0.1, 0.15) is 0 Å². The summed E-state index contributed by atoms with van der Waals surface area (Å²) >= 11 is 0. The van der Waals surface area contributed by atoms with E-state index < -0.39 is 0 Å². The number of rotatable bonds is 9. The quantitative estimate of drug-likeness (QED) is 0.128. The molecule has 0 unspecified atom stereocenters. The Hall–Kier alpha value is -12.0. The Labute approximate surface area is 538 Å². The van der Waals surface area contributed by atoms with Crippen LogP contribution < -0.4 is 0 Å². The third kappa shape index (κ3) is 8.65. The van der Waals surface area contributed by atoms with Crippen LogP contribution >= 0.6 is 0 Å². The Bertz CT molecular complexity index is 6000. The summed E-state index contributed by atoms with van der Waals surface area (Å²) in [4.78, 5) is 0. The SMILES string of the molecule is C1=C(c2ccc3c4ccc(-c5cccc(-c6cc(-c7ccccc7)cc(-c7ccccc7)c6)c5)cc4c4ccccc4c3c2)CCc2c1n(-c1ccccc1)c1ccc(-n3c4ccccc4c4cc(-c5ccc6c(c5)c5ccccc5n6-c5ccccc5)ccc43)cc21. The molecule has 15 aromatic carbocycles. The first-order chi connectivity index (χ1) is 46.1. The summed E-state index contributed by atoms with van der Waals surface area (Å²) in [5, 5.41) is 13.9. The van der Waals surface area contributed by atoms with Crippen molar-refractivity contribution in [1.29, 1.82) is 0 Å². The number of benzene rings is 15. The topological polar surface area (TPSA) is 14.8 Å². The average molecular weight is 1180 g/mol. The van der Waals surface area contributed by atoms with Gasteiger partial charge < -0.3 is 13.7 Å². The summed E-state index contributed by atoms with van der Waals surface area (Å²) in [6.07, 6.45) is 4.36. The zero-order chi connectivity index (χ0) is 61.1. The van der Waals surface area contributed by atoms with Crippen molar-refractivity contribution in [3.05, 3.63) is 344 Å². The van der Waals surface area contributed by atoms with Crippen molar-refractivity contribution in [2.75, 3.05) is 0 Å². The minimum Gasteiger partial charge on any atom is -0.310 e. The van der Waals surface area contributed by atoms with E-state index in [0.717, 1.165) is 24.2 Å². The lowest BCUT2D eigenvalue weighted by Gasteiger charge is -2.18. The molecule has 434 valence electrons. The molecule has 93 heavy (non-hydrogen) atoms. The summed E-state index contributed by atoms with van der Waals surface area (Å²) in [6.45, 7) is 0. The number of allylic oxidation sites excluding steroid dienone is 1. The lowest BCUT2D eigenvalue weighted by Crippen LogP contribution is -2.03. The standard InChI is InChI=1S/C90H59N3/c1-5-20-58(21-6-1)67-49-68(59-22-7-2-8-23-59)51-69(50-67)61-25-19-24-60(48-61)62-36-42-75-76-43-37-63(53-81(76)74-31-14-13-30-73(74)80(75)52-62)66-38-44-79-84-57-72(41-47-89(84)92(90(79)56-66)71-28-11-4-12-29-71)93-86-35-18-16-33-78(86)83-55-65(40-46-88(83)93)64-39-45-87-82(54-64)77-32-15-17-34-85(77)91(87)70-26-9-3-10-27-70/h1-37,39-43,45-57H,38,44H2. The number of aryl methyl sites for hydroxylation is 1. The summed E-state index contributed by atoms with van der Waals surface area (Å²) in [7, 11) is 0. The highest BCUT2D eigenvalue weighted by molar-refractivity contribution is 6.26. The monoisotopic (exact) mass is 1180 g/mol. The van der Waals surface area contributed by atoms with Crippen molar-refractivity contribution in [2.45, 2.75) is 12.8 Å². The van der Waals surface area contributed by atoms with Gasteiger partial charge in [-0.15, -0.1) is 0 Å². The highest BCUT2D eigenvalue weighted by Gasteiger charge is 2.25. The van der Waals surface area contributed by atoms with Gasteiger partial charge in [0.2, 0.25) is 0 Å². The van der Waals surface area contributed by atoms with Gasteiger partial charge in [0.15, 0.2) is 0 Å². The highest BCUT2D eigenvalue weighted by Crippen LogP contribution is 2.45. The molecule has 0 fully saturated rings. The summed E-state index contributed by atoms with van der Waals surface area (Å²) in [6, 6.07) is 121. The van der Waals surface area contributed by atoms with E-state index in [0.29, 0.717) is 0 Å². The van der Waals surface area contributed by atoms with Gasteiger partial charge >= 0.3 is 0 Å². The zero-order valence-corrected chi connectivity index (χ0v) is 51.0. The predicted molar refractivity (Wildman–Crippen MR) is 394 cm³/mol. The van der Waals surface area contributed by atoms with E-state index in [9.17, 15) is 0 Å². The fraction of sp³-hybridized carbons (Fsp3) is 0.0222. The molecule has 3 heterocycles. The maximum absolute atomic E-state index is 2.50. The maximum Gasteiger partial charge on any atom is 0.0541 e. The molecule has 19 rings (SSSR count). The summed E-state index contributed by atoms with van der Waals surface area (Å²) < 4.78 is 7.37. The fourth-order valence-corrected chi connectivity index (χ4v) is 15.5. The van der Waals surface area contributed by atoms with Gasteiger partial charge in [0.05, 0.1) is 33.3 Å². The van der Waals surface area contributed by atoms with Gasteiger partial charge in [0.25, 0.3) is 0 Å². The van der Waals surface area contributed by atoms with E-state index in [2.05, 4.69) is 347 Å². The van der Waals surface area contributed by atoms with Crippen molar-refractivity contribution < 1.29 is 0 Å². The fourth-order valence-electron chi connectivity index (χ4n) is 15.5. The second-order valence-corrected chi connectivity index (χ2v) is 25.1. The molecule has 0 spiro atoms. The van der Waals surface area contributed by atoms with Gasteiger partial charge in [-0.1, -0.05) is 212 Å². The van der Waals surface area contributed by atoms with Crippen LogP contribution in [0, 0.1) is 0 Å². The first-order valence-electron chi connectivity index (χ1n) is 32.4. The summed E-state index contributed by atoms with van der Waals surface area (Å²) in [5.74, 6) is 0. The molecule has 0 saturated carbocycles. The van der Waals surface area contributed by atoms with E-state index in [1.54, 1.807) is 0 Å². The molecule has 0 amide bonds. The first-order valence-corrected chi connectivity index (χ1v) is 32.4. The van der Waals surface area contributed by atoms with Gasteiger partial charge in [-0.05, 0) is 239 Å². The third-order valence-electron chi connectivity index (χ3n) is 19.9. The first kappa shape index (κ1) is 52.9. The number of hydrogen-bond acceptors (Lipinski definition) is 0. The lowest BCUT2D eigenvalue weighted by atomic mass is 9.87. The number of para-hydroxylation sites is 4. The largest absolute Gasteiger partial charge is 0.310 e. The molecule has 0 saturated heterocycles. The Morgan fingerprint density at radius 3 is 1.12 bits per heavy atom. The second-order valence-electron chi connectivity index (χ2n) is 25.1. The van der Waals surface area contributed by atoms with Crippen molar-refractivity contribution in [1.82, 2.24) is 13.7 Å². The predicted octanol–water partition coefficient (Wildman–Crippen LogP) is 24.1. The number of nitrogens with zero attached hydrogens (tertiary/aromatic N) is 3. The molecule has 1 aliphatic rings. The molecule has 0 bridgehead atoms. The van der Waals surface area contributed by atoms with Crippen LogP contribution in [0.1, 0.15) is 23.2 Å². The molecule has 0 N–H and O–H groups in total. The summed E-state index contributed by atoms with van der Waals surface area (Å²) in [5.41, 5.74) is 26.8. The van der Waals surface area contributed by atoms with E-state index in [-0.39, 0.29) is 0 Å². The molecule has 0 atom stereocenters. The van der Waals surface area contributed by atoms with E-state index in [1.165, 1.54) is 171 Å². The van der Waals surface area contributed by atoms with E-state index >= 15 is 0 Å². The van der Waals surface area contributed by atoms with Gasteiger partial charge in [-0.25, -0.2) is 0 Å². The highest BCUT2D eigenvalue weighted by atomic mass is 15.0. The van der Waals surface area contributed by atoms with Crippen LogP contribution in [-0.4, -0.2) is 13.7 Å². The minimum absolute atomic E-state index is 0.930. The number of hydrogen-bond donors (Lipinski definition) is 0. The van der Waals surface area contributed by atoms with Gasteiger partial charge in [-0.2, -0.15) is 0 Å². The Kier molecular flexibility index (Phi) is 12.1. The van der Waals surface area contributed by atoms with Gasteiger partial charge in [-0.3, -0.25) is 0 Å². The van der Waals surface area contributed by atoms with Crippen LogP contribution in [0.5, 0.6) is 0 Å². The normalized spacial score (nSPS) is 12.5. The van der Waals surface area contributed by atoms with E-state index in [4.69, 9.17) is 0 Å². The van der Waals surface area contributed by atoms with Crippen molar-refractivity contribution in [3.63, 3.8) is 0 Å². The van der Waals surface area contributed by atoms with Crippen molar-refractivity contribution >= 4 is 98.5 Å². The molecule has 1 aliphatic carbocycles. The molecule has 0 radical (unpaired) electrons. The zero-order valence-electron chi connectivity index (χ0n) is 51.0. The Morgan fingerprint density at radius 1 is 0.183 bits per heavy atom. The van der Waals surface area contributed by atoms with Crippen LogP contribution in [0.3, 0.4) is 0 Å². The molecule has 3 aromatic heterocycles. The van der Waals surface area contributed by atoms with Crippen molar-refractivity contribution in [3.8, 4) is 72.7 Å². The van der Waals surface area contributed by atoms with Crippen LogP contribution in [0.25, 0.3) is 171 Å². The number of fused-ring (bicyclic) bond motifs is 15. The van der Waals surface area contributed by atoms with Crippen molar-refractivity contribution in [2.24, 2.45) is 0 Å². The molecule has 3 nitrogen and oxygen atoms in total. The Balaban J connectivity index is 0.692. The lowest BCUT2D eigenvalue weighted by molar-refractivity contribution is 0.981. The van der Waals surface area contributed by atoms with Crippen LogP contribution in [0.2, 0.25) is 0 Å². The molecular weight excluding hydrogens is 1120 g/mol. The Morgan fingerprint density at radius 2 is 0.548 bits per heavy atom. The third-order valence-corrected chi connectivity index (χ3v) is 19.9. The van der Waals surface area contributed by atoms with Crippen LogP contribution in [-0.2, 0) is 6.42 Å². The van der Waals surface area contributed by atoms with Gasteiger partial charge in [0, 0.05) is 44.0 Å². The number of aromatic nitrogens is 3. The maximum atomic E-state index is 2.50. The molecule has 18 aromatic rings. The average Bonchev–Trinajstić information content (AvgIpc) is 1.70. The second kappa shape index (κ2) is 21.3. The molecular formula is C90H59N3. The van der Waals surface area contributed by atoms with Crippen LogP contribution in [0.15, 0.2) is 328 Å². The van der Waals surface area contributed by atoms with E-state index in [1.807, 2.05) is 0 Å². The molecule has 0 aliphatic heterocycles. The van der Waals surface area contributed by atoms with Crippen LogP contribution in [0.4, 0.5) is 0 Å². The molecule has 3 heteroatoms. The smallest absolute Gasteiger partial charge is 0.0541 e.